The number of ketones is 1. The Hall–Kier alpha value is -2.57. The molecule has 1 aromatic heterocycles. The van der Waals surface area contributed by atoms with E-state index in [0.717, 1.165) is 25.0 Å². The van der Waals surface area contributed by atoms with Crippen LogP contribution in [0.1, 0.15) is 30.1 Å². The van der Waals surface area contributed by atoms with Gasteiger partial charge in [-0.3, -0.25) is 9.59 Å². The van der Waals surface area contributed by atoms with Crippen LogP contribution in [0.3, 0.4) is 0 Å². The van der Waals surface area contributed by atoms with Crippen LogP contribution in [-0.2, 0) is 9.53 Å². The summed E-state index contributed by atoms with van der Waals surface area (Å²) in [7, 11) is 0. The van der Waals surface area contributed by atoms with E-state index in [9.17, 15) is 18.4 Å². The van der Waals surface area contributed by atoms with E-state index in [1.54, 1.807) is 6.92 Å². The zero-order chi connectivity index (χ0) is 17.7. The Labute approximate surface area is 142 Å². The molecule has 0 N–H and O–H groups in total. The second kappa shape index (κ2) is 5.75. The van der Waals surface area contributed by atoms with Gasteiger partial charge in [-0.2, -0.15) is 0 Å². The third-order valence-electron chi connectivity index (χ3n) is 4.63. The average Bonchev–Trinajstić information content (AvgIpc) is 3.40. The first kappa shape index (κ1) is 15.9. The lowest BCUT2D eigenvalue weighted by atomic mass is 9.92. The highest BCUT2D eigenvalue weighted by Gasteiger charge is 2.43. The van der Waals surface area contributed by atoms with Crippen molar-refractivity contribution in [1.29, 1.82) is 0 Å². The number of carbonyl (C=O) groups is 2. The highest BCUT2D eigenvalue weighted by molar-refractivity contribution is 6.14. The van der Waals surface area contributed by atoms with Crippen molar-refractivity contribution in [2.75, 3.05) is 18.1 Å². The van der Waals surface area contributed by atoms with Crippen molar-refractivity contribution in [3.05, 3.63) is 35.4 Å². The highest BCUT2D eigenvalue weighted by atomic mass is 19.2. The lowest BCUT2D eigenvalue weighted by molar-refractivity contribution is -0.145. The van der Waals surface area contributed by atoms with Gasteiger partial charge in [-0.1, -0.05) is 0 Å². The number of pyridine rings is 1. The van der Waals surface area contributed by atoms with E-state index < -0.39 is 23.5 Å². The molecule has 4 rings (SSSR count). The van der Waals surface area contributed by atoms with Crippen LogP contribution in [0, 0.1) is 17.6 Å². The molecule has 1 atom stereocenters. The number of Topliss-reactive ketones (excluding diaryl/α,β-unsaturated/α-hetero) is 1. The number of aromatic nitrogens is 1. The highest BCUT2D eigenvalue weighted by Crippen LogP contribution is 2.39. The maximum atomic E-state index is 13.5. The van der Waals surface area contributed by atoms with Crippen LogP contribution in [0.15, 0.2) is 18.2 Å². The van der Waals surface area contributed by atoms with Crippen molar-refractivity contribution in [3.8, 4) is 0 Å². The third-order valence-corrected chi connectivity index (χ3v) is 4.63. The monoisotopic (exact) mass is 346 g/mol. The number of carbonyl (C=O) groups excluding carboxylic acids is 2. The number of benzene rings is 1. The average molecular weight is 346 g/mol. The van der Waals surface area contributed by atoms with E-state index in [0.29, 0.717) is 11.2 Å². The van der Waals surface area contributed by atoms with E-state index >= 15 is 0 Å². The molecule has 2 heterocycles. The van der Waals surface area contributed by atoms with Crippen LogP contribution in [-0.4, -0.2) is 35.9 Å². The summed E-state index contributed by atoms with van der Waals surface area (Å²) in [6, 6.07) is 3.74. The van der Waals surface area contributed by atoms with Gasteiger partial charge in [0.15, 0.2) is 17.4 Å². The molecule has 0 spiro atoms. The van der Waals surface area contributed by atoms with Crippen molar-refractivity contribution in [2.45, 2.75) is 25.8 Å². The van der Waals surface area contributed by atoms with Crippen LogP contribution in [0.2, 0.25) is 0 Å². The lowest BCUT2D eigenvalue weighted by Gasteiger charge is -2.33. The second-order valence-electron chi connectivity index (χ2n) is 6.37. The minimum absolute atomic E-state index is 0.194. The van der Waals surface area contributed by atoms with E-state index in [-0.39, 0.29) is 36.1 Å². The standard InChI is InChI=1S/C18H16F2N2O3/c1-2-25-18(24)12-8-22(10-3-4-10)17-11(16(12)23)5-9-6-13(19)14(20)7-15(9)21-17/h5-7,10,12H,2-4,8H2,1H3. The van der Waals surface area contributed by atoms with E-state index in [1.807, 2.05) is 4.90 Å². The van der Waals surface area contributed by atoms with Crippen LogP contribution in [0.25, 0.3) is 10.9 Å². The van der Waals surface area contributed by atoms with E-state index in [2.05, 4.69) is 4.98 Å². The molecule has 1 fully saturated rings. The molecule has 0 amide bonds. The van der Waals surface area contributed by atoms with Crippen molar-refractivity contribution >= 4 is 28.5 Å². The van der Waals surface area contributed by atoms with Gasteiger partial charge in [-0.25, -0.2) is 13.8 Å². The minimum atomic E-state index is -1.00. The Morgan fingerprint density at radius 3 is 2.68 bits per heavy atom. The van der Waals surface area contributed by atoms with Crippen molar-refractivity contribution in [3.63, 3.8) is 0 Å². The number of nitrogens with zero attached hydrogens (tertiary/aromatic N) is 2. The number of hydrogen-bond acceptors (Lipinski definition) is 5. The maximum absolute atomic E-state index is 13.5. The Morgan fingerprint density at radius 2 is 2.00 bits per heavy atom. The molecule has 1 aliphatic carbocycles. The zero-order valence-electron chi connectivity index (χ0n) is 13.6. The SMILES string of the molecule is CCOC(=O)C1CN(C2CC2)c2nc3cc(F)c(F)cc3cc2C1=O. The molecular weight excluding hydrogens is 330 g/mol. The third kappa shape index (κ3) is 2.63. The molecule has 1 aromatic carbocycles. The van der Waals surface area contributed by atoms with E-state index in [4.69, 9.17) is 4.74 Å². The normalized spacial score (nSPS) is 19.9. The summed E-state index contributed by atoms with van der Waals surface area (Å²) in [5, 5.41) is 0.325. The first-order valence-electron chi connectivity index (χ1n) is 8.27. The molecule has 0 saturated heterocycles. The maximum Gasteiger partial charge on any atom is 0.318 e. The molecule has 1 unspecified atom stereocenters. The van der Waals surface area contributed by atoms with Crippen LogP contribution in [0.5, 0.6) is 0 Å². The summed E-state index contributed by atoms with van der Waals surface area (Å²) < 4.78 is 32.1. The predicted molar refractivity (Wildman–Crippen MR) is 86.5 cm³/mol. The first-order valence-corrected chi connectivity index (χ1v) is 8.27. The van der Waals surface area contributed by atoms with Crippen LogP contribution < -0.4 is 4.90 Å². The Kier molecular flexibility index (Phi) is 3.67. The number of rotatable bonds is 3. The van der Waals surface area contributed by atoms with Crippen LogP contribution >= 0.6 is 0 Å². The summed E-state index contributed by atoms with van der Waals surface area (Å²) in [4.78, 5) is 31.3. The van der Waals surface area contributed by atoms with Gasteiger partial charge in [0.25, 0.3) is 0 Å². The molecular formula is C18H16F2N2O3. The Bertz CT molecular complexity index is 896. The number of esters is 1. The molecule has 130 valence electrons. The fourth-order valence-corrected chi connectivity index (χ4v) is 3.25. The number of fused-ring (bicyclic) bond motifs is 2. The summed E-state index contributed by atoms with van der Waals surface area (Å²) in [6.07, 6.45) is 1.89. The largest absolute Gasteiger partial charge is 0.465 e. The second-order valence-corrected chi connectivity index (χ2v) is 6.37. The number of anilines is 1. The predicted octanol–water partition coefficient (Wildman–Crippen LogP) is 2.86. The smallest absolute Gasteiger partial charge is 0.318 e. The fourth-order valence-electron chi connectivity index (χ4n) is 3.25. The Morgan fingerprint density at radius 1 is 1.28 bits per heavy atom. The first-order chi connectivity index (χ1) is 12.0. The summed E-state index contributed by atoms with van der Waals surface area (Å²) in [6.45, 7) is 2.08. The molecule has 2 aromatic rings. The zero-order valence-corrected chi connectivity index (χ0v) is 13.6. The van der Waals surface area contributed by atoms with Gasteiger partial charge >= 0.3 is 5.97 Å². The summed E-state index contributed by atoms with van der Waals surface area (Å²) in [5.74, 6) is -3.41. The van der Waals surface area contributed by atoms with Gasteiger partial charge in [-0.05, 0) is 31.9 Å². The van der Waals surface area contributed by atoms with Crippen molar-refractivity contribution in [2.24, 2.45) is 5.92 Å². The van der Waals surface area contributed by atoms with Gasteiger partial charge in [0.2, 0.25) is 0 Å². The topological polar surface area (TPSA) is 59.5 Å². The quantitative estimate of drug-likeness (QED) is 0.632. The van der Waals surface area contributed by atoms with Gasteiger partial charge in [-0.15, -0.1) is 0 Å². The van der Waals surface area contributed by atoms with Gasteiger partial charge in [0.05, 0.1) is 17.7 Å². The molecule has 1 aliphatic heterocycles. The number of hydrogen-bond donors (Lipinski definition) is 0. The van der Waals surface area contributed by atoms with Gasteiger partial charge in [0.1, 0.15) is 11.7 Å². The van der Waals surface area contributed by atoms with Crippen molar-refractivity contribution in [1.82, 2.24) is 4.98 Å². The lowest BCUT2D eigenvalue weighted by Crippen LogP contribution is -2.45. The molecule has 7 heteroatoms. The molecule has 0 bridgehead atoms. The van der Waals surface area contributed by atoms with E-state index in [1.165, 1.54) is 6.07 Å². The number of ether oxygens (including phenoxy) is 1. The molecule has 2 aliphatic rings. The fraction of sp³-hybridized carbons (Fsp3) is 0.389. The van der Waals surface area contributed by atoms with Gasteiger partial charge < -0.3 is 9.64 Å². The summed E-state index contributed by atoms with van der Waals surface area (Å²) >= 11 is 0. The minimum Gasteiger partial charge on any atom is -0.465 e. The number of halogens is 2. The Balaban J connectivity index is 1.85. The molecule has 25 heavy (non-hydrogen) atoms. The molecule has 5 nitrogen and oxygen atoms in total. The van der Waals surface area contributed by atoms with Gasteiger partial charge in [0, 0.05) is 24.0 Å². The van der Waals surface area contributed by atoms with Crippen LogP contribution in [0.4, 0.5) is 14.6 Å². The molecule has 1 saturated carbocycles. The summed E-state index contributed by atoms with van der Waals surface area (Å²) in [5.41, 5.74) is 0.542. The van der Waals surface area contributed by atoms with Crippen molar-refractivity contribution < 1.29 is 23.1 Å². The molecule has 0 radical (unpaired) electrons.